The van der Waals surface area contributed by atoms with Crippen molar-refractivity contribution in [2.24, 2.45) is 5.10 Å². The summed E-state index contributed by atoms with van der Waals surface area (Å²) in [6, 6.07) is 16.6. The molecule has 0 radical (unpaired) electrons. The topological polar surface area (TPSA) is 88.8 Å². The summed E-state index contributed by atoms with van der Waals surface area (Å²) in [5.74, 6) is 0.359. The number of nitrogens with one attached hydrogen (secondary N) is 1. The number of hydrazone groups is 1. The lowest BCUT2D eigenvalue weighted by atomic mass is 10.00. The summed E-state index contributed by atoms with van der Waals surface area (Å²) < 4.78 is 6.98. The minimum Gasteiger partial charge on any atom is -0.497 e. The third-order valence-corrected chi connectivity index (χ3v) is 5.39. The van der Waals surface area contributed by atoms with Gasteiger partial charge in [-0.05, 0) is 49.7 Å². The number of rotatable bonds is 6. The van der Waals surface area contributed by atoms with Gasteiger partial charge in [0.15, 0.2) is 0 Å². The van der Waals surface area contributed by atoms with Crippen LogP contribution in [0, 0.1) is 0 Å². The number of hydrogen-bond acceptors (Lipinski definition) is 5. The molecule has 1 aliphatic rings. The molecule has 1 fully saturated rings. The predicted octanol–water partition coefficient (Wildman–Crippen LogP) is 3.60. The molecule has 31 heavy (non-hydrogen) atoms. The fourth-order valence-electron chi connectivity index (χ4n) is 3.30. The quantitative estimate of drug-likeness (QED) is 0.490. The number of methoxy groups -OCH3 is 1. The highest BCUT2D eigenvalue weighted by molar-refractivity contribution is 6.07. The Morgan fingerprint density at radius 1 is 1.13 bits per heavy atom. The van der Waals surface area contributed by atoms with Gasteiger partial charge in [0.25, 0.3) is 5.91 Å². The first kappa shape index (κ1) is 20.3. The number of urea groups is 1. The fraction of sp³-hybridized carbons (Fsp3) is 0.217. The Morgan fingerprint density at radius 2 is 1.84 bits per heavy atom. The Labute approximate surface area is 180 Å². The molecule has 2 heterocycles. The zero-order valence-electron chi connectivity index (χ0n) is 17.6. The van der Waals surface area contributed by atoms with Crippen molar-refractivity contribution in [2.75, 3.05) is 7.11 Å². The first-order valence-corrected chi connectivity index (χ1v) is 9.95. The van der Waals surface area contributed by atoms with Gasteiger partial charge in [-0.25, -0.2) is 9.48 Å². The van der Waals surface area contributed by atoms with Gasteiger partial charge in [-0.3, -0.25) is 4.79 Å². The Balaban J connectivity index is 1.73. The summed E-state index contributed by atoms with van der Waals surface area (Å²) in [6.07, 6.45) is 3.79. The maximum absolute atomic E-state index is 12.6. The van der Waals surface area contributed by atoms with E-state index < -0.39 is 11.6 Å². The summed E-state index contributed by atoms with van der Waals surface area (Å²) in [5.41, 5.74) is 2.12. The van der Waals surface area contributed by atoms with E-state index in [9.17, 15) is 9.59 Å². The van der Waals surface area contributed by atoms with Crippen LogP contribution >= 0.6 is 0 Å². The minimum absolute atomic E-state index is 0.377. The fourth-order valence-corrected chi connectivity index (χ4v) is 3.30. The van der Waals surface area contributed by atoms with E-state index in [1.165, 1.54) is 6.21 Å². The number of nitrogens with zero attached hydrogens (tertiary/aromatic N) is 4. The second-order valence-electron chi connectivity index (χ2n) is 7.42. The van der Waals surface area contributed by atoms with Crippen LogP contribution in [-0.4, -0.2) is 45.6 Å². The molecule has 0 spiro atoms. The van der Waals surface area contributed by atoms with E-state index in [2.05, 4.69) is 10.4 Å². The highest BCUT2D eigenvalue weighted by atomic mass is 16.5. The zero-order chi connectivity index (χ0) is 22.0. The van der Waals surface area contributed by atoms with Gasteiger partial charge in [0, 0.05) is 17.3 Å². The highest BCUT2D eigenvalue weighted by Crippen LogP contribution is 2.26. The molecule has 1 saturated heterocycles. The Kier molecular flexibility index (Phi) is 5.29. The van der Waals surface area contributed by atoms with Crippen LogP contribution in [0.4, 0.5) is 4.79 Å². The molecule has 0 bridgehead atoms. The van der Waals surface area contributed by atoms with Crippen molar-refractivity contribution in [3.8, 4) is 22.7 Å². The number of amides is 3. The van der Waals surface area contributed by atoms with Gasteiger partial charge >= 0.3 is 6.03 Å². The monoisotopic (exact) mass is 417 g/mol. The summed E-state index contributed by atoms with van der Waals surface area (Å²) in [5, 5.41) is 12.5. The molecule has 8 heteroatoms. The Hall–Kier alpha value is -3.94. The summed E-state index contributed by atoms with van der Waals surface area (Å²) in [4.78, 5) is 24.9. The number of hydrogen-bond donors (Lipinski definition) is 1. The van der Waals surface area contributed by atoms with E-state index in [0.29, 0.717) is 17.7 Å². The van der Waals surface area contributed by atoms with Crippen molar-refractivity contribution in [1.29, 1.82) is 0 Å². The van der Waals surface area contributed by atoms with E-state index in [-0.39, 0.29) is 5.91 Å². The van der Waals surface area contributed by atoms with E-state index >= 15 is 0 Å². The average Bonchev–Trinajstić information content (AvgIpc) is 3.32. The van der Waals surface area contributed by atoms with E-state index in [1.54, 1.807) is 18.7 Å². The van der Waals surface area contributed by atoms with Gasteiger partial charge in [0.1, 0.15) is 17.0 Å². The molecule has 0 aliphatic carbocycles. The number of carbonyl (C=O) groups is 2. The van der Waals surface area contributed by atoms with Crippen LogP contribution in [-0.2, 0) is 4.79 Å². The third-order valence-electron chi connectivity index (χ3n) is 5.39. The number of para-hydroxylation sites is 1. The standard InChI is InChI=1S/C23H23N5O3/c1-4-23(2)21(29)28(22(30)25-23)24-14-17-15-27(18-8-6-5-7-9-18)26-20(17)16-10-12-19(31-3)13-11-16/h5-15H,4H2,1-3H3,(H,25,30). The van der Waals surface area contributed by atoms with Crippen molar-refractivity contribution in [3.05, 3.63) is 66.4 Å². The number of aromatic nitrogens is 2. The van der Waals surface area contributed by atoms with Crippen molar-refractivity contribution in [1.82, 2.24) is 20.1 Å². The molecular formula is C23H23N5O3. The second kappa shape index (κ2) is 8.06. The van der Waals surface area contributed by atoms with Crippen molar-refractivity contribution in [2.45, 2.75) is 25.8 Å². The molecular weight excluding hydrogens is 394 g/mol. The molecule has 158 valence electrons. The zero-order valence-corrected chi connectivity index (χ0v) is 17.6. The smallest absolute Gasteiger partial charge is 0.346 e. The number of ether oxygens (including phenoxy) is 1. The summed E-state index contributed by atoms with van der Waals surface area (Å²) >= 11 is 0. The lowest BCUT2D eigenvalue weighted by molar-refractivity contribution is -0.130. The van der Waals surface area contributed by atoms with Gasteiger partial charge < -0.3 is 10.1 Å². The second-order valence-corrected chi connectivity index (χ2v) is 7.42. The van der Waals surface area contributed by atoms with E-state index in [0.717, 1.165) is 22.0 Å². The average molecular weight is 417 g/mol. The number of carbonyl (C=O) groups excluding carboxylic acids is 2. The largest absolute Gasteiger partial charge is 0.497 e. The van der Waals surface area contributed by atoms with Gasteiger partial charge in [-0.15, -0.1) is 5.01 Å². The van der Waals surface area contributed by atoms with Gasteiger partial charge in [0.2, 0.25) is 0 Å². The van der Waals surface area contributed by atoms with Crippen LogP contribution in [0.25, 0.3) is 16.9 Å². The van der Waals surface area contributed by atoms with Crippen LogP contribution in [0.5, 0.6) is 5.75 Å². The van der Waals surface area contributed by atoms with Crippen molar-refractivity contribution < 1.29 is 14.3 Å². The normalized spacial score (nSPS) is 18.6. The lowest BCUT2D eigenvalue weighted by Gasteiger charge is -2.17. The molecule has 1 N–H and O–H groups in total. The molecule has 1 aliphatic heterocycles. The first-order valence-electron chi connectivity index (χ1n) is 9.95. The third kappa shape index (κ3) is 3.79. The molecule has 4 rings (SSSR count). The number of benzene rings is 2. The summed E-state index contributed by atoms with van der Waals surface area (Å²) in [7, 11) is 1.61. The van der Waals surface area contributed by atoms with Crippen molar-refractivity contribution >= 4 is 18.2 Å². The molecule has 8 nitrogen and oxygen atoms in total. The molecule has 3 aromatic rings. The van der Waals surface area contributed by atoms with E-state index in [4.69, 9.17) is 9.84 Å². The van der Waals surface area contributed by atoms with Gasteiger partial charge in [0.05, 0.1) is 19.0 Å². The Morgan fingerprint density at radius 3 is 2.45 bits per heavy atom. The van der Waals surface area contributed by atoms with Crippen LogP contribution in [0.15, 0.2) is 65.9 Å². The molecule has 2 aromatic carbocycles. The molecule has 1 aromatic heterocycles. The van der Waals surface area contributed by atoms with Crippen LogP contribution in [0.1, 0.15) is 25.8 Å². The molecule has 1 atom stereocenters. The first-order chi connectivity index (χ1) is 14.9. The van der Waals surface area contributed by atoms with Crippen LogP contribution in [0.2, 0.25) is 0 Å². The van der Waals surface area contributed by atoms with Crippen LogP contribution in [0.3, 0.4) is 0 Å². The predicted molar refractivity (Wildman–Crippen MR) is 117 cm³/mol. The SMILES string of the molecule is CCC1(C)NC(=O)N(N=Cc2cn(-c3ccccc3)nc2-c2ccc(OC)cc2)C1=O. The van der Waals surface area contributed by atoms with E-state index in [1.807, 2.05) is 67.7 Å². The van der Waals surface area contributed by atoms with Crippen molar-refractivity contribution in [3.63, 3.8) is 0 Å². The molecule has 3 amide bonds. The summed E-state index contributed by atoms with van der Waals surface area (Å²) in [6.45, 7) is 3.54. The van der Waals surface area contributed by atoms with Gasteiger partial charge in [-0.1, -0.05) is 25.1 Å². The maximum Gasteiger partial charge on any atom is 0.346 e. The maximum atomic E-state index is 12.6. The molecule has 1 unspecified atom stereocenters. The Bertz CT molecular complexity index is 1140. The van der Waals surface area contributed by atoms with Crippen LogP contribution < -0.4 is 10.1 Å². The van der Waals surface area contributed by atoms with Gasteiger partial charge in [-0.2, -0.15) is 10.2 Å². The highest BCUT2D eigenvalue weighted by Gasteiger charge is 2.46. The number of imide groups is 1. The minimum atomic E-state index is -0.943. The lowest BCUT2D eigenvalue weighted by Crippen LogP contribution is -2.42. The molecule has 0 saturated carbocycles.